The van der Waals surface area contributed by atoms with Crippen molar-refractivity contribution in [3.05, 3.63) is 17.5 Å². The van der Waals surface area contributed by atoms with Crippen molar-refractivity contribution >= 4 is 0 Å². The van der Waals surface area contributed by atoms with Gasteiger partial charge in [-0.25, -0.2) is 0 Å². The SMILES string of the molecule is CC(C)c1nn(C)cc1CNC(C)C(C)CO. The van der Waals surface area contributed by atoms with Gasteiger partial charge in [0, 0.05) is 38.0 Å². The van der Waals surface area contributed by atoms with Crippen molar-refractivity contribution in [2.45, 2.75) is 46.2 Å². The van der Waals surface area contributed by atoms with Gasteiger partial charge in [-0.3, -0.25) is 4.68 Å². The lowest BCUT2D eigenvalue weighted by molar-refractivity contribution is 0.207. The lowest BCUT2D eigenvalue weighted by Crippen LogP contribution is -2.33. The maximum absolute atomic E-state index is 9.09. The quantitative estimate of drug-likeness (QED) is 0.793. The van der Waals surface area contributed by atoms with Crippen LogP contribution in [0.3, 0.4) is 0 Å². The number of aryl methyl sites for hydroxylation is 1. The van der Waals surface area contributed by atoms with E-state index in [2.05, 4.69) is 37.4 Å². The highest BCUT2D eigenvalue weighted by atomic mass is 16.3. The number of aliphatic hydroxyl groups is 1. The molecule has 0 aliphatic rings. The van der Waals surface area contributed by atoms with E-state index in [1.54, 1.807) is 0 Å². The first-order chi connectivity index (χ1) is 7.95. The van der Waals surface area contributed by atoms with Crippen LogP contribution in [0.4, 0.5) is 0 Å². The molecule has 2 atom stereocenters. The van der Waals surface area contributed by atoms with Crippen molar-refractivity contribution in [2.75, 3.05) is 6.61 Å². The van der Waals surface area contributed by atoms with E-state index in [0.717, 1.165) is 12.2 Å². The molecule has 0 saturated heterocycles. The lowest BCUT2D eigenvalue weighted by Gasteiger charge is -2.19. The minimum absolute atomic E-state index is 0.220. The molecule has 4 heteroatoms. The minimum Gasteiger partial charge on any atom is -0.396 e. The fourth-order valence-corrected chi connectivity index (χ4v) is 1.81. The van der Waals surface area contributed by atoms with E-state index < -0.39 is 0 Å². The topological polar surface area (TPSA) is 50.1 Å². The Kier molecular flexibility index (Phi) is 5.15. The molecule has 0 aliphatic carbocycles. The van der Waals surface area contributed by atoms with Crippen molar-refractivity contribution in [2.24, 2.45) is 13.0 Å². The van der Waals surface area contributed by atoms with Crippen molar-refractivity contribution in [3.63, 3.8) is 0 Å². The molecule has 0 fully saturated rings. The molecule has 98 valence electrons. The van der Waals surface area contributed by atoms with Crippen LogP contribution < -0.4 is 5.32 Å². The van der Waals surface area contributed by atoms with Gasteiger partial charge in [-0.1, -0.05) is 20.8 Å². The van der Waals surface area contributed by atoms with E-state index in [0.29, 0.717) is 12.0 Å². The van der Waals surface area contributed by atoms with E-state index in [4.69, 9.17) is 5.11 Å². The highest BCUT2D eigenvalue weighted by Gasteiger charge is 2.14. The van der Waals surface area contributed by atoms with E-state index in [9.17, 15) is 0 Å². The summed E-state index contributed by atoms with van der Waals surface area (Å²) >= 11 is 0. The molecule has 2 N–H and O–H groups in total. The molecular weight excluding hydrogens is 214 g/mol. The Morgan fingerprint density at radius 1 is 1.35 bits per heavy atom. The van der Waals surface area contributed by atoms with Crippen LogP contribution in [0.2, 0.25) is 0 Å². The average Bonchev–Trinajstić information content (AvgIpc) is 2.66. The third-order valence-electron chi connectivity index (χ3n) is 3.24. The van der Waals surface area contributed by atoms with Crippen LogP contribution in [0, 0.1) is 5.92 Å². The predicted octanol–water partition coefficient (Wildman–Crippen LogP) is 1.65. The van der Waals surface area contributed by atoms with E-state index in [1.165, 1.54) is 5.56 Å². The summed E-state index contributed by atoms with van der Waals surface area (Å²) in [5.41, 5.74) is 2.41. The van der Waals surface area contributed by atoms with E-state index in [1.807, 2.05) is 18.7 Å². The van der Waals surface area contributed by atoms with Crippen molar-refractivity contribution in [3.8, 4) is 0 Å². The van der Waals surface area contributed by atoms with Crippen molar-refractivity contribution < 1.29 is 5.11 Å². The Morgan fingerprint density at radius 3 is 2.53 bits per heavy atom. The van der Waals surface area contributed by atoms with Crippen LogP contribution >= 0.6 is 0 Å². The zero-order valence-electron chi connectivity index (χ0n) is 11.6. The number of rotatable bonds is 6. The predicted molar refractivity (Wildman–Crippen MR) is 69.8 cm³/mol. The molecule has 1 aromatic rings. The summed E-state index contributed by atoms with van der Waals surface area (Å²) < 4.78 is 1.87. The van der Waals surface area contributed by atoms with E-state index in [-0.39, 0.29) is 12.5 Å². The summed E-state index contributed by atoms with van der Waals surface area (Å²) in [6.07, 6.45) is 2.07. The molecule has 0 aliphatic heterocycles. The van der Waals surface area contributed by atoms with Gasteiger partial charge in [-0.15, -0.1) is 0 Å². The molecule has 1 heterocycles. The highest BCUT2D eigenvalue weighted by molar-refractivity contribution is 5.20. The molecule has 0 saturated carbocycles. The number of hydrogen-bond acceptors (Lipinski definition) is 3. The molecule has 1 aromatic heterocycles. The highest BCUT2D eigenvalue weighted by Crippen LogP contribution is 2.17. The summed E-state index contributed by atoms with van der Waals surface area (Å²) in [6, 6.07) is 0.306. The summed E-state index contributed by atoms with van der Waals surface area (Å²) in [5, 5.41) is 17.0. The Bertz CT molecular complexity index is 346. The van der Waals surface area contributed by atoms with Crippen LogP contribution in [-0.4, -0.2) is 27.5 Å². The zero-order valence-corrected chi connectivity index (χ0v) is 11.6. The normalized spacial score (nSPS) is 15.2. The third kappa shape index (κ3) is 3.82. The van der Waals surface area contributed by atoms with Crippen LogP contribution in [0.15, 0.2) is 6.20 Å². The molecule has 0 amide bonds. The van der Waals surface area contributed by atoms with Crippen LogP contribution in [0.1, 0.15) is 44.9 Å². The molecule has 1 rings (SSSR count). The van der Waals surface area contributed by atoms with Crippen molar-refractivity contribution in [1.82, 2.24) is 15.1 Å². The van der Waals surface area contributed by atoms with Gasteiger partial charge in [0.25, 0.3) is 0 Å². The fraction of sp³-hybridized carbons (Fsp3) is 0.769. The number of nitrogens with one attached hydrogen (secondary N) is 1. The van der Waals surface area contributed by atoms with Gasteiger partial charge < -0.3 is 10.4 Å². The lowest BCUT2D eigenvalue weighted by atomic mass is 10.0. The van der Waals surface area contributed by atoms with Crippen LogP contribution in [0.5, 0.6) is 0 Å². The molecule has 2 unspecified atom stereocenters. The third-order valence-corrected chi connectivity index (χ3v) is 3.24. The Morgan fingerprint density at radius 2 is 2.00 bits per heavy atom. The Hall–Kier alpha value is -0.870. The molecule has 0 bridgehead atoms. The average molecular weight is 239 g/mol. The number of aliphatic hydroxyl groups excluding tert-OH is 1. The fourth-order valence-electron chi connectivity index (χ4n) is 1.81. The second kappa shape index (κ2) is 6.17. The summed E-state index contributed by atoms with van der Waals surface area (Å²) in [5.74, 6) is 0.716. The second-order valence-corrected chi connectivity index (χ2v) is 5.20. The number of nitrogens with zero attached hydrogens (tertiary/aromatic N) is 2. The van der Waals surface area contributed by atoms with Gasteiger partial charge in [0.2, 0.25) is 0 Å². The van der Waals surface area contributed by atoms with Gasteiger partial charge in [0.05, 0.1) is 5.69 Å². The molecule has 0 spiro atoms. The van der Waals surface area contributed by atoms with Gasteiger partial charge in [-0.2, -0.15) is 5.10 Å². The first-order valence-electron chi connectivity index (χ1n) is 6.32. The number of aromatic nitrogens is 2. The molecule has 0 aromatic carbocycles. The standard InChI is InChI=1S/C13H25N3O/c1-9(2)13-12(7-16(5)15-13)6-14-11(4)10(3)8-17/h7,9-11,14,17H,6,8H2,1-5H3. The first kappa shape index (κ1) is 14.2. The number of hydrogen-bond donors (Lipinski definition) is 2. The minimum atomic E-state index is 0.220. The van der Waals surface area contributed by atoms with Gasteiger partial charge in [0.1, 0.15) is 0 Å². The molecular formula is C13H25N3O. The molecule has 17 heavy (non-hydrogen) atoms. The first-order valence-corrected chi connectivity index (χ1v) is 6.32. The summed E-state index contributed by atoms with van der Waals surface area (Å²) in [4.78, 5) is 0. The Balaban J connectivity index is 2.62. The van der Waals surface area contributed by atoms with Gasteiger partial charge in [-0.05, 0) is 18.8 Å². The van der Waals surface area contributed by atoms with Crippen LogP contribution in [-0.2, 0) is 13.6 Å². The maximum atomic E-state index is 9.09. The largest absolute Gasteiger partial charge is 0.396 e. The smallest absolute Gasteiger partial charge is 0.0694 e. The molecule has 4 nitrogen and oxygen atoms in total. The van der Waals surface area contributed by atoms with Gasteiger partial charge in [0.15, 0.2) is 0 Å². The van der Waals surface area contributed by atoms with Crippen molar-refractivity contribution in [1.29, 1.82) is 0 Å². The van der Waals surface area contributed by atoms with E-state index >= 15 is 0 Å². The second-order valence-electron chi connectivity index (χ2n) is 5.20. The van der Waals surface area contributed by atoms with Crippen LogP contribution in [0.25, 0.3) is 0 Å². The van der Waals surface area contributed by atoms with Gasteiger partial charge >= 0.3 is 0 Å². The maximum Gasteiger partial charge on any atom is 0.0694 e. The summed E-state index contributed by atoms with van der Waals surface area (Å²) in [6.45, 7) is 9.50. The summed E-state index contributed by atoms with van der Waals surface area (Å²) in [7, 11) is 1.95. The monoisotopic (exact) mass is 239 g/mol. The zero-order chi connectivity index (χ0) is 13.0. The molecule has 0 radical (unpaired) electrons. The Labute approximate surface area is 104 Å².